The Morgan fingerprint density at radius 3 is 2.37 bits per heavy atom. The van der Waals surface area contributed by atoms with Gasteiger partial charge in [-0.25, -0.2) is 9.67 Å². The number of rotatable bonds is 7. The van der Waals surface area contributed by atoms with Crippen molar-refractivity contribution in [1.29, 1.82) is 0 Å². The van der Waals surface area contributed by atoms with Gasteiger partial charge >= 0.3 is 0 Å². The molecule has 1 saturated carbocycles. The molecule has 0 atom stereocenters. The van der Waals surface area contributed by atoms with E-state index in [2.05, 4.69) is 18.5 Å². The van der Waals surface area contributed by atoms with Crippen LogP contribution in [-0.2, 0) is 12.8 Å². The van der Waals surface area contributed by atoms with Gasteiger partial charge in [0.15, 0.2) is 5.82 Å². The van der Waals surface area contributed by atoms with Crippen molar-refractivity contribution in [2.45, 2.75) is 90.5 Å². The summed E-state index contributed by atoms with van der Waals surface area (Å²) >= 11 is 0. The molecule has 1 heterocycles. The molecule has 1 aliphatic rings. The molecule has 0 saturated heterocycles. The van der Waals surface area contributed by atoms with Crippen molar-refractivity contribution >= 4 is 0 Å². The van der Waals surface area contributed by atoms with Crippen LogP contribution in [0, 0.1) is 0 Å². The van der Waals surface area contributed by atoms with Gasteiger partial charge in [-0.15, -0.1) is 0 Å². The summed E-state index contributed by atoms with van der Waals surface area (Å²) < 4.78 is 2.29. The average molecular weight is 263 g/mol. The number of hydrogen-bond donors (Lipinski definition) is 0. The Morgan fingerprint density at radius 2 is 1.68 bits per heavy atom. The van der Waals surface area contributed by atoms with Gasteiger partial charge in [0.25, 0.3) is 0 Å². The van der Waals surface area contributed by atoms with Gasteiger partial charge in [-0.2, -0.15) is 5.10 Å². The van der Waals surface area contributed by atoms with Crippen LogP contribution in [0.3, 0.4) is 0 Å². The van der Waals surface area contributed by atoms with E-state index < -0.39 is 0 Å². The Balaban J connectivity index is 2.09. The maximum Gasteiger partial charge on any atom is 0.150 e. The van der Waals surface area contributed by atoms with E-state index in [0.717, 1.165) is 18.7 Å². The van der Waals surface area contributed by atoms with Crippen LogP contribution in [-0.4, -0.2) is 14.8 Å². The lowest BCUT2D eigenvalue weighted by molar-refractivity contribution is 0.319. The summed E-state index contributed by atoms with van der Waals surface area (Å²) in [6.45, 7) is 4.48. The lowest BCUT2D eigenvalue weighted by Crippen LogP contribution is -2.17. The molecule has 1 fully saturated rings. The maximum atomic E-state index is 4.83. The molecule has 0 amide bonds. The normalized spacial score (nSPS) is 16.9. The zero-order valence-electron chi connectivity index (χ0n) is 12.7. The van der Waals surface area contributed by atoms with E-state index in [9.17, 15) is 0 Å². The first-order valence-corrected chi connectivity index (χ1v) is 8.29. The largest absolute Gasteiger partial charge is 0.247 e. The van der Waals surface area contributed by atoms with E-state index >= 15 is 0 Å². The summed E-state index contributed by atoms with van der Waals surface area (Å²) in [5, 5.41) is 4.83. The molecule has 0 unspecified atom stereocenters. The molecule has 3 heteroatoms. The fourth-order valence-corrected chi connectivity index (χ4v) is 2.97. The fourth-order valence-electron chi connectivity index (χ4n) is 2.97. The zero-order chi connectivity index (χ0) is 13.5. The lowest BCUT2D eigenvalue weighted by atomic mass is 9.95. The predicted molar refractivity (Wildman–Crippen MR) is 79.4 cm³/mol. The van der Waals surface area contributed by atoms with Crippen molar-refractivity contribution in [3.05, 3.63) is 11.6 Å². The molecule has 2 rings (SSSR count). The van der Waals surface area contributed by atoms with Crippen molar-refractivity contribution in [1.82, 2.24) is 14.8 Å². The molecule has 0 bridgehead atoms. The molecule has 1 aliphatic carbocycles. The molecule has 19 heavy (non-hydrogen) atoms. The Labute approximate surface area is 117 Å². The highest BCUT2D eigenvalue weighted by atomic mass is 15.4. The molecule has 0 spiro atoms. The summed E-state index contributed by atoms with van der Waals surface area (Å²) in [5.41, 5.74) is 0. The summed E-state index contributed by atoms with van der Waals surface area (Å²) in [7, 11) is 0. The molecule has 0 radical (unpaired) electrons. The highest BCUT2D eigenvalue weighted by Crippen LogP contribution is 2.28. The smallest absolute Gasteiger partial charge is 0.150 e. The monoisotopic (exact) mass is 263 g/mol. The van der Waals surface area contributed by atoms with Crippen LogP contribution in [0.25, 0.3) is 0 Å². The second kappa shape index (κ2) is 7.66. The van der Waals surface area contributed by atoms with E-state index in [1.54, 1.807) is 0 Å². The summed E-state index contributed by atoms with van der Waals surface area (Å²) in [6, 6.07) is 0.628. The number of nitrogens with zero attached hydrogens (tertiary/aromatic N) is 3. The highest BCUT2D eigenvalue weighted by molar-refractivity contribution is 4.96. The molecule has 108 valence electrons. The van der Waals surface area contributed by atoms with Crippen molar-refractivity contribution in [3.63, 3.8) is 0 Å². The number of aryl methyl sites for hydroxylation is 2. The highest BCUT2D eigenvalue weighted by Gasteiger charge is 2.20. The summed E-state index contributed by atoms with van der Waals surface area (Å²) in [5.74, 6) is 2.33. The lowest BCUT2D eigenvalue weighted by Gasteiger charge is -2.23. The predicted octanol–water partition coefficient (Wildman–Crippen LogP) is 4.47. The third-order valence-electron chi connectivity index (χ3n) is 4.17. The molecular weight excluding hydrogens is 234 g/mol. The van der Waals surface area contributed by atoms with Crippen molar-refractivity contribution in [2.24, 2.45) is 0 Å². The topological polar surface area (TPSA) is 30.7 Å². The third kappa shape index (κ3) is 4.05. The summed E-state index contributed by atoms with van der Waals surface area (Å²) in [6.07, 6.45) is 13.8. The Bertz CT molecular complexity index is 364. The molecule has 1 aromatic heterocycles. The van der Waals surface area contributed by atoms with Gasteiger partial charge in [0, 0.05) is 12.8 Å². The van der Waals surface area contributed by atoms with E-state index in [1.807, 2.05) is 0 Å². The van der Waals surface area contributed by atoms with Gasteiger partial charge in [-0.05, 0) is 25.7 Å². The third-order valence-corrected chi connectivity index (χ3v) is 4.17. The van der Waals surface area contributed by atoms with Crippen LogP contribution in [0.4, 0.5) is 0 Å². The van der Waals surface area contributed by atoms with Gasteiger partial charge in [0.2, 0.25) is 0 Å². The molecule has 3 nitrogen and oxygen atoms in total. The van der Waals surface area contributed by atoms with Crippen LogP contribution in [0.5, 0.6) is 0 Å². The van der Waals surface area contributed by atoms with Gasteiger partial charge in [0.1, 0.15) is 5.82 Å². The molecule has 0 aromatic carbocycles. The van der Waals surface area contributed by atoms with Crippen LogP contribution < -0.4 is 0 Å². The second-order valence-corrected chi connectivity index (χ2v) is 5.89. The van der Waals surface area contributed by atoms with Crippen LogP contribution in [0.15, 0.2) is 0 Å². The minimum atomic E-state index is 0.628. The Hall–Kier alpha value is -0.860. The molecule has 1 aromatic rings. The minimum absolute atomic E-state index is 0.628. The zero-order valence-corrected chi connectivity index (χ0v) is 12.7. The number of aromatic nitrogens is 3. The van der Waals surface area contributed by atoms with E-state index in [1.165, 1.54) is 63.6 Å². The summed E-state index contributed by atoms with van der Waals surface area (Å²) in [4.78, 5) is 4.81. The van der Waals surface area contributed by atoms with Gasteiger partial charge in [0.05, 0.1) is 6.04 Å². The quantitative estimate of drug-likeness (QED) is 0.726. The van der Waals surface area contributed by atoms with Crippen molar-refractivity contribution < 1.29 is 0 Å². The van der Waals surface area contributed by atoms with Crippen molar-refractivity contribution in [2.75, 3.05) is 0 Å². The Kier molecular flexibility index (Phi) is 5.87. The molecule has 0 aliphatic heterocycles. The van der Waals surface area contributed by atoms with Gasteiger partial charge < -0.3 is 0 Å². The molecule has 0 N–H and O–H groups in total. The van der Waals surface area contributed by atoms with Gasteiger partial charge in [-0.1, -0.05) is 46.0 Å². The van der Waals surface area contributed by atoms with E-state index in [0.29, 0.717) is 6.04 Å². The van der Waals surface area contributed by atoms with E-state index in [-0.39, 0.29) is 0 Å². The first-order chi connectivity index (χ1) is 9.35. The first-order valence-electron chi connectivity index (χ1n) is 8.29. The SMILES string of the molecule is CCCCc1nc(CCCC)n(C2CCCCC2)n1. The minimum Gasteiger partial charge on any atom is -0.247 e. The maximum absolute atomic E-state index is 4.83. The first kappa shape index (κ1) is 14.5. The number of hydrogen-bond acceptors (Lipinski definition) is 2. The van der Waals surface area contributed by atoms with Crippen LogP contribution >= 0.6 is 0 Å². The van der Waals surface area contributed by atoms with Gasteiger partial charge in [-0.3, -0.25) is 0 Å². The van der Waals surface area contributed by atoms with Crippen LogP contribution in [0.2, 0.25) is 0 Å². The van der Waals surface area contributed by atoms with E-state index in [4.69, 9.17) is 10.1 Å². The fraction of sp³-hybridized carbons (Fsp3) is 0.875. The van der Waals surface area contributed by atoms with Crippen LogP contribution in [0.1, 0.15) is 89.3 Å². The number of unbranched alkanes of at least 4 members (excludes halogenated alkanes) is 2. The standard InChI is InChI=1S/C16H29N3/c1-3-5-12-15-17-16(13-6-4-2)19(18-15)14-10-8-7-9-11-14/h14H,3-13H2,1-2H3. The molecular formula is C16H29N3. The Morgan fingerprint density at radius 1 is 1.00 bits per heavy atom. The van der Waals surface area contributed by atoms with Crippen molar-refractivity contribution in [3.8, 4) is 0 Å². The average Bonchev–Trinajstić information content (AvgIpc) is 2.87. The second-order valence-electron chi connectivity index (χ2n) is 5.89.